The van der Waals surface area contributed by atoms with Crippen LogP contribution in [0.15, 0.2) is 41.2 Å². The largest absolute Gasteiger partial charge is 0.298 e. The summed E-state index contributed by atoms with van der Waals surface area (Å²) in [6.07, 6.45) is 2.48. The molecule has 0 radical (unpaired) electrons. The van der Waals surface area contributed by atoms with Crippen molar-refractivity contribution < 1.29 is 4.79 Å². The minimum absolute atomic E-state index is 0.449. The zero-order valence-corrected chi connectivity index (χ0v) is 12.4. The van der Waals surface area contributed by atoms with Gasteiger partial charge in [-0.05, 0) is 29.6 Å². The molecule has 0 N–H and O–H groups in total. The van der Waals surface area contributed by atoms with Crippen LogP contribution in [0.25, 0.3) is 16.9 Å². The van der Waals surface area contributed by atoms with E-state index in [0.29, 0.717) is 21.3 Å². The molecule has 0 aliphatic carbocycles. The lowest BCUT2D eigenvalue weighted by Crippen LogP contribution is -1.94. The number of benzene rings is 1. The summed E-state index contributed by atoms with van der Waals surface area (Å²) in [6.45, 7) is 0. The van der Waals surface area contributed by atoms with Gasteiger partial charge in [0.1, 0.15) is 5.69 Å². The third-order valence-electron chi connectivity index (χ3n) is 2.83. The molecule has 0 atom stereocenters. The molecule has 0 saturated heterocycles. The van der Waals surface area contributed by atoms with Gasteiger partial charge in [0.15, 0.2) is 6.29 Å². The summed E-state index contributed by atoms with van der Waals surface area (Å²) >= 11 is 13.5. The molecule has 20 heavy (non-hydrogen) atoms. The van der Waals surface area contributed by atoms with E-state index in [9.17, 15) is 4.79 Å². The number of aldehydes is 1. The van der Waals surface area contributed by atoms with Crippen molar-refractivity contribution in [1.29, 1.82) is 0 Å². The van der Waals surface area contributed by atoms with Gasteiger partial charge in [-0.15, -0.1) is 0 Å². The highest BCUT2D eigenvalue weighted by Gasteiger charge is 2.12. The molecule has 2 aromatic heterocycles. The number of thiophene rings is 1. The van der Waals surface area contributed by atoms with Gasteiger partial charge in [-0.3, -0.25) is 4.79 Å². The second-order valence-corrected chi connectivity index (χ2v) is 5.70. The third kappa shape index (κ3) is 2.38. The Hall–Kier alpha value is -1.62. The van der Waals surface area contributed by atoms with Crippen LogP contribution in [0.5, 0.6) is 0 Å². The molecule has 2 heterocycles. The fraction of sp³-hybridized carbons (Fsp3) is 0. The van der Waals surface area contributed by atoms with Crippen LogP contribution in [0.2, 0.25) is 10.0 Å². The minimum atomic E-state index is 0.449. The molecule has 0 fully saturated rings. The number of nitrogens with zero attached hydrogens (tertiary/aromatic N) is 2. The van der Waals surface area contributed by atoms with Crippen LogP contribution in [-0.2, 0) is 0 Å². The number of carbonyl (C=O) groups is 1. The molecular formula is C14H8Cl2N2OS. The monoisotopic (exact) mass is 322 g/mol. The maximum absolute atomic E-state index is 11.2. The number of aromatic nitrogens is 2. The summed E-state index contributed by atoms with van der Waals surface area (Å²) in [4.78, 5) is 11.2. The first-order chi connectivity index (χ1) is 9.69. The fourth-order valence-electron chi connectivity index (χ4n) is 1.86. The number of hydrogen-bond donors (Lipinski definition) is 0. The molecule has 100 valence electrons. The molecule has 3 aromatic rings. The van der Waals surface area contributed by atoms with Gasteiger partial charge >= 0.3 is 0 Å². The molecule has 0 unspecified atom stereocenters. The standard InChI is InChI=1S/C14H8Cl2N2OS/c15-12-2-1-11(5-13(12)16)18-6-10(7-19)14(17-18)9-3-4-20-8-9/h1-8H. The van der Waals surface area contributed by atoms with Gasteiger partial charge in [0.25, 0.3) is 0 Å². The second-order valence-electron chi connectivity index (χ2n) is 4.11. The molecule has 0 aliphatic heterocycles. The van der Waals surface area contributed by atoms with Crippen molar-refractivity contribution in [2.75, 3.05) is 0 Å². The Morgan fingerprint density at radius 3 is 2.70 bits per heavy atom. The number of halogens is 2. The van der Waals surface area contributed by atoms with Gasteiger partial charge in [0.05, 0.1) is 21.3 Å². The lowest BCUT2D eigenvalue weighted by atomic mass is 10.2. The summed E-state index contributed by atoms with van der Waals surface area (Å²) < 4.78 is 1.62. The molecular weight excluding hydrogens is 315 g/mol. The van der Waals surface area contributed by atoms with Crippen LogP contribution in [0.1, 0.15) is 10.4 Å². The van der Waals surface area contributed by atoms with Gasteiger partial charge in [0, 0.05) is 17.1 Å². The lowest BCUT2D eigenvalue weighted by molar-refractivity contribution is 0.112. The Morgan fingerprint density at radius 1 is 1.20 bits per heavy atom. The Labute approximate surface area is 129 Å². The molecule has 3 rings (SSSR count). The van der Waals surface area contributed by atoms with Crippen LogP contribution >= 0.6 is 34.5 Å². The molecule has 0 amide bonds. The lowest BCUT2D eigenvalue weighted by Gasteiger charge is -2.02. The van der Waals surface area contributed by atoms with E-state index < -0.39 is 0 Å². The van der Waals surface area contributed by atoms with E-state index in [-0.39, 0.29) is 0 Å². The topological polar surface area (TPSA) is 34.9 Å². The van der Waals surface area contributed by atoms with Crippen LogP contribution in [0.3, 0.4) is 0 Å². The fourth-order valence-corrected chi connectivity index (χ4v) is 2.79. The van der Waals surface area contributed by atoms with Crippen molar-refractivity contribution in [1.82, 2.24) is 9.78 Å². The SMILES string of the molecule is O=Cc1cn(-c2ccc(Cl)c(Cl)c2)nc1-c1ccsc1. The molecule has 6 heteroatoms. The number of rotatable bonds is 3. The summed E-state index contributed by atoms with van der Waals surface area (Å²) in [5.74, 6) is 0. The Balaban J connectivity index is 2.11. The van der Waals surface area contributed by atoms with E-state index in [1.807, 2.05) is 16.8 Å². The highest BCUT2D eigenvalue weighted by molar-refractivity contribution is 7.08. The van der Waals surface area contributed by atoms with Crippen molar-refractivity contribution in [2.24, 2.45) is 0 Å². The zero-order valence-electron chi connectivity index (χ0n) is 10.1. The predicted octanol–water partition coefficient (Wildman–Crippen LogP) is 4.72. The normalized spacial score (nSPS) is 10.7. The maximum Gasteiger partial charge on any atom is 0.153 e. The average molecular weight is 323 g/mol. The summed E-state index contributed by atoms with van der Waals surface area (Å²) in [5.41, 5.74) is 2.88. The quantitative estimate of drug-likeness (QED) is 0.654. The van der Waals surface area contributed by atoms with Gasteiger partial charge in [-0.25, -0.2) is 4.68 Å². The van der Waals surface area contributed by atoms with Crippen molar-refractivity contribution in [3.8, 4) is 16.9 Å². The first-order valence-electron chi connectivity index (χ1n) is 5.72. The molecule has 0 aliphatic rings. The number of carbonyl (C=O) groups excluding carboxylic acids is 1. The molecule has 0 spiro atoms. The van der Waals surface area contributed by atoms with Crippen molar-refractivity contribution >= 4 is 40.8 Å². The van der Waals surface area contributed by atoms with E-state index in [1.54, 1.807) is 40.4 Å². The minimum Gasteiger partial charge on any atom is -0.298 e. The van der Waals surface area contributed by atoms with E-state index >= 15 is 0 Å². The Kier molecular flexibility index (Phi) is 3.61. The number of hydrogen-bond acceptors (Lipinski definition) is 3. The Bertz CT molecular complexity index is 766. The summed E-state index contributed by atoms with van der Waals surface area (Å²) in [6, 6.07) is 7.14. The van der Waals surface area contributed by atoms with Crippen molar-refractivity contribution in [3.05, 3.63) is 56.8 Å². The average Bonchev–Trinajstić information content (AvgIpc) is 3.09. The first kappa shape index (κ1) is 13.4. The van der Waals surface area contributed by atoms with Crippen molar-refractivity contribution in [2.45, 2.75) is 0 Å². The van der Waals surface area contributed by atoms with Crippen LogP contribution < -0.4 is 0 Å². The second kappa shape index (κ2) is 5.40. The van der Waals surface area contributed by atoms with E-state index in [4.69, 9.17) is 23.2 Å². The molecule has 0 bridgehead atoms. The van der Waals surface area contributed by atoms with Crippen LogP contribution in [0, 0.1) is 0 Å². The predicted molar refractivity (Wildman–Crippen MR) is 82.3 cm³/mol. The van der Waals surface area contributed by atoms with Crippen LogP contribution in [0.4, 0.5) is 0 Å². The molecule has 1 aromatic carbocycles. The van der Waals surface area contributed by atoms with Gasteiger partial charge in [-0.2, -0.15) is 16.4 Å². The van der Waals surface area contributed by atoms with Gasteiger partial charge in [0.2, 0.25) is 0 Å². The Morgan fingerprint density at radius 2 is 2.05 bits per heavy atom. The maximum atomic E-state index is 11.2. The van der Waals surface area contributed by atoms with Crippen molar-refractivity contribution in [3.63, 3.8) is 0 Å². The van der Waals surface area contributed by atoms with E-state index in [0.717, 1.165) is 17.5 Å². The summed E-state index contributed by atoms with van der Waals surface area (Å²) in [5, 5.41) is 9.29. The zero-order chi connectivity index (χ0) is 14.1. The highest BCUT2D eigenvalue weighted by Crippen LogP contribution is 2.27. The smallest absolute Gasteiger partial charge is 0.153 e. The molecule has 3 nitrogen and oxygen atoms in total. The molecule has 0 saturated carbocycles. The first-order valence-corrected chi connectivity index (χ1v) is 7.42. The van der Waals surface area contributed by atoms with Crippen LogP contribution in [-0.4, -0.2) is 16.1 Å². The van der Waals surface area contributed by atoms with E-state index in [2.05, 4.69) is 5.10 Å². The summed E-state index contributed by atoms with van der Waals surface area (Å²) in [7, 11) is 0. The van der Waals surface area contributed by atoms with Gasteiger partial charge < -0.3 is 0 Å². The van der Waals surface area contributed by atoms with E-state index in [1.165, 1.54) is 0 Å². The third-order valence-corrected chi connectivity index (χ3v) is 4.25. The highest BCUT2D eigenvalue weighted by atomic mass is 35.5. The van der Waals surface area contributed by atoms with Gasteiger partial charge in [-0.1, -0.05) is 23.2 Å².